The number of rotatable bonds is 7. The lowest BCUT2D eigenvalue weighted by atomic mass is 10.2. The quantitative estimate of drug-likeness (QED) is 0.809. The molecule has 0 aromatic heterocycles. The molecule has 3 nitrogen and oxygen atoms in total. The molecular formula is C14H20ClFN2O. The minimum absolute atomic E-state index is 0.0708. The zero-order valence-corrected chi connectivity index (χ0v) is 12.1. The molecule has 1 aromatic carbocycles. The van der Waals surface area contributed by atoms with Crippen LogP contribution in [0.25, 0.3) is 0 Å². The summed E-state index contributed by atoms with van der Waals surface area (Å²) in [4.78, 5) is 11.6. The first-order valence-electron chi connectivity index (χ1n) is 6.47. The van der Waals surface area contributed by atoms with Crippen LogP contribution in [0.15, 0.2) is 18.2 Å². The third-order valence-corrected chi connectivity index (χ3v) is 3.13. The number of nitrogens with one attached hydrogen (secondary N) is 2. The summed E-state index contributed by atoms with van der Waals surface area (Å²) in [6.45, 7) is 4.52. The van der Waals surface area contributed by atoms with Crippen molar-refractivity contribution in [2.45, 2.75) is 39.3 Å². The van der Waals surface area contributed by atoms with Gasteiger partial charge in [0.05, 0.1) is 11.6 Å². The number of carbonyl (C=O) groups is 1. The Labute approximate surface area is 118 Å². The summed E-state index contributed by atoms with van der Waals surface area (Å²) in [6.07, 6.45) is 2.10. The maximum atomic E-state index is 13.6. The molecule has 0 heterocycles. The van der Waals surface area contributed by atoms with Crippen molar-refractivity contribution in [1.82, 2.24) is 10.6 Å². The minimum atomic E-state index is -0.475. The Bertz CT molecular complexity index is 426. The monoisotopic (exact) mass is 286 g/mol. The van der Waals surface area contributed by atoms with Crippen LogP contribution in [-0.4, -0.2) is 18.5 Å². The van der Waals surface area contributed by atoms with Gasteiger partial charge >= 0.3 is 0 Å². The lowest BCUT2D eigenvalue weighted by molar-refractivity contribution is -0.120. The molecule has 0 radical (unpaired) electrons. The van der Waals surface area contributed by atoms with E-state index in [0.29, 0.717) is 11.6 Å². The van der Waals surface area contributed by atoms with Crippen LogP contribution in [0.5, 0.6) is 0 Å². The van der Waals surface area contributed by atoms with Crippen LogP contribution in [0.4, 0.5) is 4.39 Å². The van der Waals surface area contributed by atoms with Crippen LogP contribution in [0, 0.1) is 5.82 Å². The molecule has 106 valence electrons. The Morgan fingerprint density at radius 1 is 1.47 bits per heavy atom. The molecule has 1 amide bonds. The van der Waals surface area contributed by atoms with E-state index in [1.807, 2.05) is 6.92 Å². The van der Waals surface area contributed by atoms with Crippen LogP contribution in [-0.2, 0) is 11.3 Å². The first kappa shape index (κ1) is 15.9. The molecule has 1 rings (SSSR count). The number of benzene rings is 1. The minimum Gasteiger partial charge on any atom is -0.351 e. The predicted molar refractivity (Wildman–Crippen MR) is 75.6 cm³/mol. The number of halogens is 2. The number of hydrogen-bond donors (Lipinski definition) is 2. The third kappa shape index (κ3) is 5.57. The molecule has 0 aliphatic carbocycles. The number of amides is 1. The summed E-state index contributed by atoms with van der Waals surface area (Å²) < 4.78 is 13.6. The van der Waals surface area contributed by atoms with Crippen molar-refractivity contribution < 1.29 is 9.18 Å². The Morgan fingerprint density at radius 3 is 2.89 bits per heavy atom. The standard InChI is InChI=1S/C14H20ClFN2O/c1-3-5-10(2)17-9-13(19)18-8-11-6-4-7-12(15)14(11)16/h4,6-7,10,17H,3,5,8-9H2,1-2H3,(H,18,19)/t10-/m0/s1. The van der Waals surface area contributed by atoms with E-state index in [9.17, 15) is 9.18 Å². The lowest BCUT2D eigenvalue weighted by Crippen LogP contribution is -2.37. The van der Waals surface area contributed by atoms with Crippen LogP contribution in [0.2, 0.25) is 5.02 Å². The van der Waals surface area contributed by atoms with Crippen molar-refractivity contribution in [1.29, 1.82) is 0 Å². The number of hydrogen-bond acceptors (Lipinski definition) is 2. The first-order valence-corrected chi connectivity index (χ1v) is 6.85. The summed E-state index contributed by atoms with van der Waals surface area (Å²) in [5, 5.41) is 5.85. The summed E-state index contributed by atoms with van der Waals surface area (Å²) in [5.74, 6) is -0.626. The van der Waals surface area contributed by atoms with E-state index in [2.05, 4.69) is 17.6 Å². The molecule has 0 aliphatic heterocycles. The highest BCUT2D eigenvalue weighted by Gasteiger charge is 2.08. The van der Waals surface area contributed by atoms with E-state index in [1.165, 1.54) is 6.07 Å². The molecule has 0 unspecified atom stereocenters. The molecule has 0 fully saturated rings. The van der Waals surface area contributed by atoms with Crippen LogP contribution < -0.4 is 10.6 Å². The smallest absolute Gasteiger partial charge is 0.234 e. The molecule has 0 saturated carbocycles. The van der Waals surface area contributed by atoms with Crippen LogP contribution >= 0.6 is 11.6 Å². The van der Waals surface area contributed by atoms with Crippen molar-refractivity contribution in [3.05, 3.63) is 34.6 Å². The first-order chi connectivity index (χ1) is 9.04. The summed E-state index contributed by atoms with van der Waals surface area (Å²) in [6, 6.07) is 5.05. The largest absolute Gasteiger partial charge is 0.351 e. The van der Waals surface area contributed by atoms with Gasteiger partial charge in [-0.15, -0.1) is 0 Å². The summed E-state index contributed by atoms with van der Waals surface area (Å²) in [5.41, 5.74) is 0.391. The van der Waals surface area contributed by atoms with E-state index in [-0.39, 0.29) is 24.0 Å². The fourth-order valence-electron chi connectivity index (χ4n) is 1.74. The van der Waals surface area contributed by atoms with Gasteiger partial charge in [-0.3, -0.25) is 4.79 Å². The third-order valence-electron chi connectivity index (χ3n) is 2.84. The Kier molecular flexibility index (Phi) is 6.81. The van der Waals surface area contributed by atoms with Gasteiger partial charge < -0.3 is 10.6 Å². The van der Waals surface area contributed by atoms with Crippen molar-refractivity contribution in [3.63, 3.8) is 0 Å². The fraction of sp³-hybridized carbons (Fsp3) is 0.500. The Morgan fingerprint density at radius 2 is 2.21 bits per heavy atom. The normalized spacial score (nSPS) is 12.2. The van der Waals surface area contributed by atoms with Gasteiger partial charge in [0.25, 0.3) is 0 Å². The van der Waals surface area contributed by atoms with Gasteiger partial charge in [0.1, 0.15) is 5.82 Å². The van der Waals surface area contributed by atoms with Gasteiger partial charge in [-0.2, -0.15) is 0 Å². The zero-order chi connectivity index (χ0) is 14.3. The van der Waals surface area contributed by atoms with E-state index >= 15 is 0 Å². The van der Waals surface area contributed by atoms with Crippen LogP contribution in [0.3, 0.4) is 0 Å². The average Bonchev–Trinajstić information content (AvgIpc) is 2.38. The van der Waals surface area contributed by atoms with Crippen LogP contribution in [0.1, 0.15) is 32.3 Å². The van der Waals surface area contributed by atoms with Crippen molar-refractivity contribution >= 4 is 17.5 Å². The maximum Gasteiger partial charge on any atom is 0.234 e. The SMILES string of the molecule is CCC[C@H](C)NCC(=O)NCc1cccc(Cl)c1F. The predicted octanol–water partition coefficient (Wildman–Crippen LogP) is 2.87. The molecule has 5 heteroatoms. The van der Waals surface area contributed by atoms with Crippen molar-refractivity contribution in [2.75, 3.05) is 6.54 Å². The average molecular weight is 287 g/mol. The van der Waals surface area contributed by atoms with Gasteiger partial charge in [0.15, 0.2) is 0 Å². The van der Waals surface area contributed by atoms with E-state index in [0.717, 1.165) is 12.8 Å². The molecule has 0 saturated heterocycles. The molecule has 1 aromatic rings. The Hall–Kier alpha value is -1.13. The highest BCUT2D eigenvalue weighted by molar-refractivity contribution is 6.30. The second kappa shape index (κ2) is 8.12. The van der Waals surface area contributed by atoms with Gasteiger partial charge in [0, 0.05) is 18.2 Å². The van der Waals surface area contributed by atoms with E-state index < -0.39 is 5.82 Å². The molecule has 0 aliphatic rings. The van der Waals surface area contributed by atoms with Gasteiger partial charge in [-0.05, 0) is 19.4 Å². The highest BCUT2D eigenvalue weighted by Crippen LogP contribution is 2.17. The van der Waals surface area contributed by atoms with E-state index in [1.54, 1.807) is 12.1 Å². The topological polar surface area (TPSA) is 41.1 Å². The van der Waals surface area contributed by atoms with Crippen molar-refractivity contribution in [2.24, 2.45) is 0 Å². The molecule has 1 atom stereocenters. The highest BCUT2D eigenvalue weighted by atomic mass is 35.5. The number of carbonyl (C=O) groups excluding carboxylic acids is 1. The summed E-state index contributed by atoms with van der Waals surface area (Å²) >= 11 is 5.67. The van der Waals surface area contributed by atoms with Gasteiger partial charge in [-0.1, -0.05) is 37.1 Å². The second-order valence-electron chi connectivity index (χ2n) is 4.56. The van der Waals surface area contributed by atoms with E-state index in [4.69, 9.17) is 11.6 Å². The fourth-order valence-corrected chi connectivity index (χ4v) is 1.94. The molecule has 0 bridgehead atoms. The maximum absolute atomic E-state index is 13.6. The Balaban J connectivity index is 2.36. The van der Waals surface area contributed by atoms with Gasteiger partial charge in [-0.25, -0.2) is 4.39 Å². The molecule has 0 spiro atoms. The molecule has 2 N–H and O–H groups in total. The molecule has 19 heavy (non-hydrogen) atoms. The summed E-state index contributed by atoms with van der Waals surface area (Å²) in [7, 11) is 0. The van der Waals surface area contributed by atoms with Crippen molar-refractivity contribution in [3.8, 4) is 0 Å². The zero-order valence-electron chi connectivity index (χ0n) is 11.3. The molecular weight excluding hydrogens is 267 g/mol. The second-order valence-corrected chi connectivity index (χ2v) is 4.97. The van der Waals surface area contributed by atoms with Gasteiger partial charge in [0.2, 0.25) is 5.91 Å². The lowest BCUT2D eigenvalue weighted by Gasteiger charge is -2.12.